The van der Waals surface area contributed by atoms with Gasteiger partial charge in [-0.25, -0.2) is 0 Å². The quantitative estimate of drug-likeness (QED) is 0.635. The summed E-state index contributed by atoms with van der Waals surface area (Å²) in [4.78, 5) is 4.89. The number of anilines is 2. The maximum absolute atomic E-state index is 5.51. The molecule has 3 aromatic rings. The van der Waals surface area contributed by atoms with Gasteiger partial charge in [-0.3, -0.25) is 0 Å². The molecule has 0 atom stereocenters. The van der Waals surface area contributed by atoms with E-state index in [2.05, 4.69) is 88.7 Å². The summed E-state index contributed by atoms with van der Waals surface area (Å²) in [7, 11) is 1.72. The van der Waals surface area contributed by atoms with Gasteiger partial charge in [0.1, 0.15) is 11.9 Å². The fourth-order valence-electron chi connectivity index (χ4n) is 3.65. The van der Waals surface area contributed by atoms with Crippen LogP contribution in [-0.4, -0.2) is 26.4 Å². The van der Waals surface area contributed by atoms with Crippen LogP contribution in [0.25, 0.3) is 6.08 Å². The molecule has 1 aliphatic heterocycles. The summed E-state index contributed by atoms with van der Waals surface area (Å²) in [6, 6.07) is 29.4. The molecular formula is C24H24N2O. The topological polar surface area (TPSA) is 15.7 Å². The number of para-hydroxylation sites is 3. The van der Waals surface area contributed by atoms with Crippen LogP contribution in [0.1, 0.15) is 5.56 Å². The van der Waals surface area contributed by atoms with Crippen molar-refractivity contribution in [1.82, 2.24) is 0 Å². The van der Waals surface area contributed by atoms with Crippen molar-refractivity contribution in [2.24, 2.45) is 0 Å². The molecule has 1 fully saturated rings. The third kappa shape index (κ3) is 3.68. The average Bonchev–Trinajstić information content (AvgIpc) is 3.17. The van der Waals surface area contributed by atoms with Crippen LogP contribution in [0.3, 0.4) is 0 Å². The number of ether oxygens (including phenoxy) is 1. The van der Waals surface area contributed by atoms with Gasteiger partial charge in [0, 0.05) is 30.0 Å². The minimum Gasteiger partial charge on any atom is -0.496 e. The largest absolute Gasteiger partial charge is 0.496 e. The standard InChI is InChI=1S/C24H24N2O/c1-27-23-15-9-8-10-20(23)16-17-24-25(21-11-4-2-5-12-21)18-19-26(24)22-13-6-3-7-14-22/h2-17,24H,18-19H2,1H3/b17-16+. The monoisotopic (exact) mass is 356 g/mol. The first-order valence-electron chi connectivity index (χ1n) is 9.31. The lowest BCUT2D eigenvalue weighted by Crippen LogP contribution is -2.37. The van der Waals surface area contributed by atoms with Crippen LogP contribution in [0.2, 0.25) is 0 Å². The first kappa shape index (κ1) is 17.2. The van der Waals surface area contributed by atoms with Crippen LogP contribution >= 0.6 is 0 Å². The Kier molecular flexibility index (Phi) is 5.10. The molecule has 0 unspecified atom stereocenters. The van der Waals surface area contributed by atoms with Crippen molar-refractivity contribution in [2.75, 3.05) is 30.0 Å². The third-order valence-corrected chi connectivity index (χ3v) is 4.98. The van der Waals surface area contributed by atoms with E-state index in [1.54, 1.807) is 7.11 Å². The van der Waals surface area contributed by atoms with Crippen LogP contribution in [0.4, 0.5) is 11.4 Å². The van der Waals surface area contributed by atoms with E-state index in [-0.39, 0.29) is 6.17 Å². The molecule has 0 aromatic heterocycles. The van der Waals surface area contributed by atoms with Crippen molar-refractivity contribution in [3.63, 3.8) is 0 Å². The van der Waals surface area contributed by atoms with Gasteiger partial charge in [-0.1, -0.05) is 60.7 Å². The molecule has 1 saturated heterocycles. The zero-order valence-electron chi connectivity index (χ0n) is 15.5. The second-order valence-electron chi connectivity index (χ2n) is 6.57. The summed E-state index contributed by atoms with van der Waals surface area (Å²) < 4.78 is 5.51. The highest BCUT2D eigenvalue weighted by Gasteiger charge is 2.30. The molecule has 4 rings (SSSR count). The molecule has 0 spiro atoms. The SMILES string of the molecule is COc1ccccc1/C=C/C1N(c2ccccc2)CCN1c1ccccc1. The van der Waals surface area contributed by atoms with Gasteiger partial charge in [0.25, 0.3) is 0 Å². The van der Waals surface area contributed by atoms with Crippen molar-refractivity contribution >= 4 is 17.5 Å². The summed E-state index contributed by atoms with van der Waals surface area (Å²) in [6.07, 6.45) is 4.59. The van der Waals surface area contributed by atoms with E-state index in [4.69, 9.17) is 4.74 Å². The lowest BCUT2D eigenvalue weighted by molar-refractivity contribution is 0.414. The Morgan fingerprint density at radius 2 is 1.26 bits per heavy atom. The number of rotatable bonds is 5. The Balaban J connectivity index is 1.69. The molecule has 0 bridgehead atoms. The third-order valence-electron chi connectivity index (χ3n) is 4.98. The average molecular weight is 356 g/mol. The fourth-order valence-corrected chi connectivity index (χ4v) is 3.65. The zero-order valence-corrected chi connectivity index (χ0v) is 15.5. The summed E-state index contributed by atoms with van der Waals surface area (Å²) in [5.74, 6) is 0.893. The molecule has 0 radical (unpaired) electrons. The number of hydrogen-bond acceptors (Lipinski definition) is 3. The first-order chi connectivity index (χ1) is 13.4. The second-order valence-corrected chi connectivity index (χ2v) is 6.57. The van der Waals surface area contributed by atoms with E-state index in [1.165, 1.54) is 11.4 Å². The summed E-state index contributed by atoms with van der Waals surface area (Å²) in [5, 5.41) is 0. The van der Waals surface area contributed by atoms with Crippen LogP contribution < -0.4 is 14.5 Å². The number of methoxy groups -OCH3 is 1. The van der Waals surface area contributed by atoms with Crippen molar-refractivity contribution in [1.29, 1.82) is 0 Å². The van der Waals surface area contributed by atoms with Crippen LogP contribution in [0.5, 0.6) is 5.75 Å². The highest BCUT2D eigenvalue weighted by molar-refractivity contribution is 5.63. The Labute approximate surface area is 161 Å². The molecular weight excluding hydrogens is 332 g/mol. The molecule has 0 aliphatic carbocycles. The summed E-state index contributed by atoms with van der Waals surface area (Å²) >= 11 is 0. The van der Waals surface area contributed by atoms with E-state index in [0.29, 0.717) is 0 Å². The summed E-state index contributed by atoms with van der Waals surface area (Å²) in [6.45, 7) is 1.97. The van der Waals surface area contributed by atoms with E-state index < -0.39 is 0 Å². The van der Waals surface area contributed by atoms with Crippen molar-refractivity contribution in [2.45, 2.75) is 6.17 Å². The molecule has 0 amide bonds. The van der Waals surface area contributed by atoms with Gasteiger partial charge >= 0.3 is 0 Å². The Morgan fingerprint density at radius 3 is 1.81 bits per heavy atom. The van der Waals surface area contributed by atoms with Gasteiger partial charge in [-0.05, 0) is 36.4 Å². The molecule has 0 saturated carbocycles. The molecule has 1 aliphatic rings. The highest BCUT2D eigenvalue weighted by atomic mass is 16.5. The molecule has 3 aromatic carbocycles. The van der Waals surface area contributed by atoms with Gasteiger partial charge in [0.2, 0.25) is 0 Å². The van der Waals surface area contributed by atoms with Gasteiger partial charge in [-0.2, -0.15) is 0 Å². The van der Waals surface area contributed by atoms with Gasteiger partial charge < -0.3 is 14.5 Å². The van der Waals surface area contributed by atoms with E-state index >= 15 is 0 Å². The highest BCUT2D eigenvalue weighted by Crippen LogP contribution is 2.30. The maximum atomic E-state index is 5.51. The number of nitrogens with zero attached hydrogens (tertiary/aromatic N) is 2. The van der Waals surface area contributed by atoms with Crippen molar-refractivity contribution in [3.05, 3.63) is 96.6 Å². The van der Waals surface area contributed by atoms with Gasteiger partial charge in [-0.15, -0.1) is 0 Å². The second kappa shape index (κ2) is 8.00. The van der Waals surface area contributed by atoms with Gasteiger partial charge in [0.05, 0.1) is 7.11 Å². The Hall–Kier alpha value is -3.20. The lowest BCUT2D eigenvalue weighted by atomic mass is 10.1. The molecule has 3 heteroatoms. The minimum atomic E-state index is 0.153. The van der Waals surface area contributed by atoms with Crippen LogP contribution in [-0.2, 0) is 0 Å². The number of hydrogen-bond donors (Lipinski definition) is 0. The smallest absolute Gasteiger partial charge is 0.126 e. The normalized spacial score (nSPS) is 14.9. The Bertz CT molecular complexity index is 845. The maximum Gasteiger partial charge on any atom is 0.126 e. The van der Waals surface area contributed by atoms with Crippen molar-refractivity contribution < 1.29 is 4.74 Å². The van der Waals surface area contributed by atoms with E-state index in [0.717, 1.165) is 24.4 Å². The predicted octanol–water partition coefficient (Wildman–Crippen LogP) is 5.06. The Morgan fingerprint density at radius 1 is 0.741 bits per heavy atom. The summed E-state index contributed by atoms with van der Waals surface area (Å²) in [5.41, 5.74) is 3.57. The van der Waals surface area contributed by atoms with E-state index in [1.807, 2.05) is 18.2 Å². The molecule has 1 heterocycles. The fraction of sp³-hybridized carbons (Fsp3) is 0.167. The van der Waals surface area contributed by atoms with Crippen LogP contribution in [0.15, 0.2) is 91.0 Å². The first-order valence-corrected chi connectivity index (χ1v) is 9.31. The lowest BCUT2D eigenvalue weighted by Gasteiger charge is -2.30. The van der Waals surface area contributed by atoms with Crippen LogP contribution in [0, 0.1) is 0 Å². The number of benzene rings is 3. The molecule has 27 heavy (non-hydrogen) atoms. The molecule has 0 N–H and O–H groups in total. The minimum absolute atomic E-state index is 0.153. The molecule has 3 nitrogen and oxygen atoms in total. The predicted molar refractivity (Wildman–Crippen MR) is 113 cm³/mol. The van der Waals surface area contributed by atoms with E-state index in [9.17, 15) is 0 Å². The zero-order chi connectivity index (χ0) is 18.5. The van der Waals surface area contributed by atoms with Crippen molar-refractivity contribution in [3.8, 4) is 5.75 Å². The van der Waals surface area contributed by atoms with Gasteiger partial charge in [0.15, 0.2) is 0 Å². The molecule has 136 valence electrons.